The predicted octanol–water partition coefficient (Wildman–Crippen LogP) is 1.51. The standard InChI is InChI=1S/C10H19NO/c1-8-3-4-9(2)11(5-8)10-6-12-7-10/h8-10H,3-7H2,1-2H3. The first kappa shape index (κ1) is 8.52. The van der Waals surface area contributed by atoms with E-state index in [0.717, 1.165) is 31.2 Å². The highest BCUT2D eigenvalue weighted by molar-refractivity contribution is 4.85. The topological polar surface area (TPSA) is 12.5 Å². The van der Waals surface area contributed by atoms with Gasteiger partial charge in [0.1, 0.15) is 0 Å². The summed E-state index contributed by atoms with van der Waals surface area (Å²) in [5.74, 6) is 0.891. The van der Waals surface area contributed by atoms with Crippen LogP contribution in [0, 0.1) is 5.92 Å². The Balaban J connectivity index is 1.91. The zero-order chi connectivity index (χ0) is 8.55. The van der Waals surface area contributed by atoms with Crippen molar-refractivity contribution in [1.29, 1.82) is 0 Å². The molecule has 70 valence electrons. The smallest absolute Gasteiger partial charge is 0.0645 e. The molecule has 0 aromatic heterocycles. The van der Waals surface area contributed by atoms with Crippen molar-refractivity contribution in [3.05, 3.63) is 0 Å². The van der Waals surface area contributed by atoms with E-state index < -0.39 is 0 Å². The second-order valence-corrected chi connectivity index (χ2v) is 4.42. The molecule has 12 heavy (non-hydrogen) atoms. The van der Waals surface area contributed by atoms with Crippen LogP contribution in [0.5, 0.6) is 0 Å². The van der Waals surface area contributed by atoms with Crippen molar-refractivity contribution in [2.45, 2.75) is 38.8 Å². The highest BCUT2D eigenvalue weighted by Crippen LogP contribution is 2.25. The fraction of sp³-hybridized carbons (Fsp3) is 1.00. The minimum Gasteiger partial charge on any atom is -0.378 e. The molecular formula is C10H19NO. The fourth-order valence-electron chi connectivity index (χ4n) is 2.25. The summed E-state index contributed by atoms with van der Waals surface area (Å²) >= 11 is 0. The maximum atomic E-state index is 5.23. The van der Waals surface area contributed by atoms with Crippen LogP contribution in [-0.2, 0) is 4.74 Å². The van der Waals surface area contributed by atoms with Gasteiger partial charge < -0.3 is 4.74 Å². The second-order valence-electron chi connectivity index (χ2n) is 4.42. The van der Waals surface area contributed by atoms with Gasteiger partial charge in [0, 0.05) is 12.6 Å². The van der Waals surface area contributed by atoms with Crippen LogP contribution in [0.2, 0.25) is 0 Å². The first-order chi connectivity index (χ1) is 5.77. The SMILES string of the molecule is CC1CCC(C)N(C2COC2)C1. The predicted molar refractivity (Wildman–Crippen MR) is 49.2 cm³/mol. The third-order valence-corrected chi connectivity index (χ3v) is 3.26. The monoisotopic (exact) mass is 169 g/mol. The van der Waals surface area contributed by atoms with Gasteiger partial charge in [-0.1, -0.05) is 6.92 Å². The highest BCUT2D eigenvalue weighted by atomic mass is 16.5. The van der Waals surface area contributed by atoms with Gasteiger partial charge in [-0.05, 0) is 25.7 Å². The molecule has 2 unspecified atom stereocenters. The van der Waals surface area contributed by atoms with Crippen LogP contribution < -0.4 is 0 Å². The average Bonchev–Trinajstić information content (AvgIpc) is 1.93. The van der Waals surface area contributed by atoms with Gasteiger partial charge in [-0.15, -0.1) is 0 Å². The van der Waals surface area contributed by atoms with Crippen molar-refractivity contribution < 1.29 is 4.74 Å². The Morgan fingerprint density at radius 3 is 2.50 bits per heavy atom. The van der Waals surface area contributed by atoms with E-state index in [0.29, 0.717) is 0 Å². The number of piperidine rings is 1. The van der Waals surface area contributed by atoms with E-state index in [1.807, 2.05) is 0 Å². The van der Waals surface area contributed by atoms with Crippen LogP contribution in [0.1, 0.15) is 26.7 Å². The molecular weight excluding hydrogens is 150 g/mol. The van der Waals surface area contributed by atoms with Crippen molar-refractivity contribution in [2.24, 2.45) is 5.92 Å². The molecule has 2 heterocycles. The molecule has 2 aliphatic rings. The fourth-order valence-corrected chi connectivity index (χ4v) is 2.25. The third kappa shape index (κ3) is 1.50. The summed E-state index contributed by atoms with van der Waals surface area (Å²) in [6, 6.07) is 1.53. The van der Waals surface area contributed by atoms with Crippen molar-refractivity contribution in [2.75, 3.05) is 19.8 Å². The number of hydrogen-bond donors (Lipinski definition) is 0. The molecule has 0 aromatic rings. The molecule has 2 heteroatoms. The third-order valence-electron chi connectivity index (χ3n) is 3.26. The first-order valence-electron chi connectivity index (χ1n) is 5.11. The van der Waals surface area contributed by atoms with Gasteiger partial charge in [0.25, 0.3) is 0 Å². The minimum atomic E-state index is 0.739. The summed E-state index contributed by atoms with van der Waals surface area (Å²) in [7, 11) is 0. The number of likely N-dealkylation sites (tertiary alicyclic amines) is 1. The van der Waals surface area contributed by atoms with E-state index in [-0.39, 0.29) is 0 Å². The van der Waals surface area contributed by atoms with E-state index in [4.69, 9.17) is 4.74 Å². The van der Waals surface area contributed by atoms with E-state index >= 15 is 0 Å². The Bertz CT molecular complexity index is 154. The average molecular weight is 169 g/mol. The maximum absolute atomic E-state index is 5.23. The van der Waals surface area contributed by atoms with E-state index in [2.05, 4.69) is 18.7 Å². The van der Waals surface area contributed by atoms with E-state index in [9.17, 15) is 0 Å². The van der Waals surface area contributed by atoms with Crippen molar-refractivity contribution in [3.63, 3.8) is 0 Å². The molecule has 0 N–H and O–H groups in total. The van der Waals surface area contributed by atoms with Crippen LogP contribution in [0.3, 0.4) is 0 Å². The second kappa shape index (κ2) is 3.35. The summed E-state index contributed by atoms with van der Waals surface area (Å²) in [5, 5.41) is 0. The van der Waals surface area contributed by atoms with Gasteiger partial charge >= 0.3 is 0 Å². The Morgan fingerprint density at radius 2 is 1.92 bits per heavy atom. The number of hydrogen-bond acceptors (Lipinski definition) is 2. The molecule has 0 aliphatic carbocycles. The largest absolute Gasteiger partial charge is 0.378 e. The lowest BCUT2D eigenvalue weighted by atomic mass is 9.93. The summed E-state index contributed by atoms with van der Waals surface area (Å²) < 4.78 is 5.23. The van der Waals surface area contributed by atoms with Crippen molar-refractivity contribution >= 4 is 0 Å². The normalized spacial score (nSPS) is 39.5. The van der Waals surface area contributed by atoms with Gasteiger partial charge in [0.15, 0.2) is 0 Å². The molecule has 2 nitrogen and oxygen atoms in total. The quantitative estimate of drug-likeness (QED) is 0.590. The number of ether oxygens (including phenoxy) is 1. The molecule has 0 aromatic carbocycles. The lowest BCUT2D eigenvalue weighted by Gasteiger charge is -2.45. The van der Waals surface area contributed by atoms with E-state index in [1.54, 1.807) is 0 Å². The Kier molecular flexibility index (Phi) is 2.37. The first-order valence-corrected chi connectivity index (χ1v) is 5.11. The molecule has 0 amide bonds. The molecule has 0 radical (unpaired) electrons. The van der Waals surface area contributed by atoms with Crippen molar-refractivity contribution in [3.8, 4) is 0 Å². The van der Waals surface area contributed by atoms with Gasteiger partial charge in [-0.3, -0.25) is 4.90 Å². The molecule has 2 fully saturated rings. The highest BCUT2D eigenvalue weighted by Gasteiger charge is 2.32. The Morgan fingerprint density at radius 1 is 1.17 bits per heavy atom. The summed E-state index contributed by atoms with van der Waals surface area (Å²) in [4.78, 5) is 2.64. The number of rotatable bonds is 1. The van der Waals surface area contributed by atoms with Crippen LogP contribution >= 0.6 is 0 Å². The molecule has 2 aliphatic heterocycles. The van der Waals surface area contributed by atoms with Crippen LogP contribution in [0.15, 0.2) is 0 Å². The molecule has 2 atom stereocenters. The lowest BCUT2D eigenvalue weighted by molar-refractivity contribution is -0.0906. The van der Waals surface area contributed by atoms with Crippen LogP contribution in [0.25, 0.3) is 0 Å². The van der Waals surface area contributed by atoms with Gasteiger partial charge in [-0.2, -0.15) is 0 Å². The number of nitrogens with zero attached hydrogens (tertiary/aromatic N) is 1. The van der Waals surface area contributed by atoms with Gasteiger partial charge in [0.2, 0.25) is 0 Å². The Labute approximate surface area is 74.9 Å². The molecule has 2 rings (SSSR count). The lowest BCUT2D eigenvalue weighted by Crippen LogP contribution is -2.55. The zero-order valence-corrected chi connectivity index (χ0v) is 8.12. The van der Waals surface area contributed by atoms with Crippen molar-refractivity contribution in [1.82, 2.24) is 4.90 Å². The van der Waals surface area contributed by atoms with Crippen LogP contribution in [0.4, 0.5) is 0 Å². The molecule has 2 saturated heterocycles. The van der Waals surface area contributed by atoms with E-state index in [1.165, 1.54) is 19.4 Å². The summed E-state index contributed by atoms with van der Waals surface area (Å²) in [6.45, 7) is 7.94. The molecule has 0 saturated carbocycles. The van der Waals surface area contributed by atoms with Gasteiger partial charge in [0.05, 0.1) is 19.3 Å². The summed E-state index contributed by atoms with van der Waals surface area (Å²) in [6.07, 6.45) is 2.78. The van der Waals surface area contributed by atoms with Crippen LogP contribution in [-0.4, -0.2) is 36.7 Å². The minimum absolute atomic E-state index is 0.739. The Hall–Kier alpha value is -0.0800. The molecule has 0 spiro atoms. The van der Waals surface area contributed by atoms with Gasteiger partial charge in [-0.25, -0.2) is 0 Å². The zero-order valence-electron chi connectivity index (χ0n) is 8.12. The molecule has 0 bridgehead atoms. The maximum Gasteiger partial charge on any atom is 0.0645 e. The summed E-state index contributed by atoms with van der Waals surface area (Å²) in [5.41, 5.74) is 0.